The Morgan fingerprint density at radius 1 is 0.358 bits per heavy atom. The van der Waals surface area contributed by atoms with E-state index in [4.69, 9.17) is 0 Å². The summed E-state index contributed by atoms with van der Waals surface area (Å²) < 4.78 is 2.07. The number of unbranched alkanes of at least 4 members (excludes halogenated alkanes) is 32. The summed E-state index contributed by atoms with van der Waals surface area (Å²) in [6.45, 7) is 22.9. The highest BCUT2D eigenvalue weighted by atomic mass is 79.9. The minimum absolute atomic E-state index is 0.133. The molecular formula is C73H124Br2N2O2S2. The summed E-state index contributed by atoms with van der Waals surface area (Å²) in [5, 5.41) is 2.02. The van der Waals surface area contributed by atoms with Gasteiger partial charge in [-0.15, -0.1) is 22.7 Å². The third kappa shape index (κ3) is 29.5. The first-order valence-electron chi connectivity index (χ1n) is 34.8. The van der Waals surface area contributed by atoms with Crippen LogP contribution in [0.4, 0.5) is 11.4 Å². The van der Waals surface area contributed by atoms with Crippen molar-refractivity contribution < 1.29 is 9.59 Å². The van der Waals surface area contributed by atoms with Crippen molar-refractivity contribution in [1.29, 1.82) is 0 Å². The first kappa shape index (κ1) is 75.4. The standard InChI is InChI=1S/C66H104Br2N2O2S2.C3H8.2C2H6/c1-5-9-13-17-21-25-27-31-35-39-43-53(41-37-33-29-23-19-15-11-7-3)51-69-57-49-56-58(50-55(57)63(65(69)71)59-45-47-61(67)73-59)70(66(72)64(56)60-46-48-62(68)74-60)52-54(42-38-34-30-24-20-16-12-8-4)44-40-36-32-28-26-22-18-14-10-6-2;1-3-2;2*1-2/h45-50,53-54H,5-44,51-52H2,1-4H3;3H2,1-2H3;2*1-2H3. The first-order chi connectivity index (χ1) is 39.7. The number of rotatable bonds is 46. The van der Waals surface area contributed by atoms with Crippen LogP contribution >= 0.6 is 54.5 Å². The van der Waals surface area contributed by atoms with Crippen LogP contribution in [0.15, 0.2) is 44.0 Å². The molecule has 0 aliphatic carbocycles. The molecule has 0 N–H and O–H groups in total. The van der Waals surface area contributed by atoms with Gasteiger partial charge in [-0.2, -0.15) is 0 Å². The van der Waals surface area contributed by atoms with Crippen molar-refractivity contribution in [3.63, 3.8) is 0 Å². The zero-order valence-electron chi connectivity index (χ0n) is 54.3. The fourth-order valence-electron chi connectivity index (χ4n) is 12.0. The summed E-state index contributed by atoms with van der Waals surface area (Å²) in [6, 6.07) is 13.0. The van der Waals surface area contributed by atoms with Gasteiger partial charge >= 0.3 is 0 Å². The Labute approximate surface area is 526 Å². The van der Waals surface area contributed by atoms with Crippen LogP contribution in [0.2, 0.25) is 0 Å². The maximum absolute atomic E-state index is 15.3. The Hall–Kier alpha value is -1.74. The molecule has 464 valence electrons. The predicted octanol–water partition coefficient (Wildman–Crippen LogP) is 24.8. The second-order valence-electron chi connectivity index (χ2n) is 23.6. The number of carbonyl (C=O) groups is 2. The number of hydrogen-bond donors (Lipinski definition) is 0. The van der Waals surface area contributed by atoms with E-state index in [2.05, 4.69) is 120 Å². The van der Waals surface area contributed by atoms with Gasteiger partial charge in [0.1, 0.15) is 0 Å². The zero-order valence-corrected chi connectivity index (χ0v) is 59.1. The summed E-state index contributed by atoms with van der Waals surface area (Å²) in [7, 11) is 0. The Bertz CT molecular complexity index is 2010. The number of amides is 2. The minimum atomic E-state index is 0.133. The quantitative estimate of drug-likeness (QED) is 0.0529. The number of benzene rings is 1. The van der Waals surface area contributed by atoms with E-state index in [0.29, 0.717) is 11.8 Å². The molecule has 0 spiro atoms. The molecule has 4 heterocycles. The van der Waals surface area contributed by atoms with E-state index in [1.807, 2.05) is 27.7 Å². The highest BCUT2D eigenvalue weighted by Crippen LogP contribution is 2.38. The third-order valence-electron chi connectivity index (χ3n) is 16.5. The Morgan fingerprint density at radius 2 is 0.580 bits per heavy atom. The van der Waals surface area contributed by atoms with Crippen LogP contribution in [0.5, 0.6) is 0 Å². The minimum Gasteiger partial charge on any atom is -0.307 e. The Balaban J connectivity index is 0.00000306. The van der Waals surface area contributed by atoms with Gasteiger partial charge in [0.15, 0.2) is 0 Å². The van der Waals surface area contributed by atoms with Crippen LogP contribution < -0.4 is 20.2 Å². The number of carbonyl (C=O) groups excluding carboxylic acids is 2. The highest BCUT2D eigenvalue weighted by molar-refractivity contribution is 9.11. The van der Waals surface area contributed by atoms with Crippen molar-refractivity contribution in [3.8, 4) is 0 Å². The fraction of sp³-hybridized carbons (Fsp3) is 0.753. The lowest BCUT2D eigenvalue weighted by Gasteiger charge is -2.27. The van der Waals surface area contributed by atoms with E-state index in [-0.39, 0.29) is 11.8 Å². The monoisotopic (exact) mass is 1280 g/mol. The summed E-state index contributed by atoms with van der Waals surface area (Å²) in [6.07, 6.45) is 53.8. The molecule has 4 nitrogen and oxygen atoms in total. The zero-order chi connectivity index (χ0) is 59.3. The third-order valence-corrected chi connectivity index (χ3v) is 19.8. The molecule has 2 amide bonds. The lowest BCUT2D eigenvalue weighted by molar-refractivity contribution is -0.114. The number of halogens is 2. The average Bonchev–Trinajstić information content (AvgIpc) is 4.26. The van der Waals surface area contributed by atoms with E-state index < -0.39 is 0 Å². The molecule has 5 rings (SSSR count). The fourth-order valence-corrected chi connectivity index (χ4v) is 14.9. The van der Waals surface area contributed by atoms with Gasteiger partial charge in [-0.25, -0.2) is 0 Å². The second kappa shape index (κ2) is 49.4. The SMILES string of the molecule is CC.CC.CCC.CCCCCCCCCCCCC(CCCCCCCCCC)CN1C(=O)C(c2ccc(Br)s2)=c2cc3c(cc21)=C(c1ccc(Br)s1)C(=O)N3CC(CCCCCCCCCC)CCCCCCCCCCCC. The van der Waals surface area contributed by atoms with Crippen molar-refractivity contribution in [2.24, 2.45) is 11.8 Å². The molecule has 2 atom stereocenters. The van der Waals surface area contributed by atoms with Crippen molar-refractivity contribution in [1.82, 2.24) is 0 Å². The van der Waals surface area contributed by atoms with Crippen molar-refractivity contribution in [2.45, 2.75) is 332 Å². The van der Waals surface area contributed by atoms with E-state index >= 15 is 9.59 Å². The van der Waals surface area contributed by atoms with Gasteiger partial charge < -0.3 is 9.80 Å². The average molecular weight is 1290 g/mol. The van der Waals surface area contributed by atoms with Crippen LogP contribution in [0.3, 0.4) is 0 Å². The number of fused-ring (bicyclic) bond motifs is 2. The molecule has 2 aromatic heterocycles. The van der Waals surface area contributed by atoms with E-state index in [9.17, 15) is 0 Å². The molecular weight excluding hydrogens is 1160 g/mol. The van der Waals surface area contributed by atoms with Gasteiger partial charge in [-0.1, -0.05) is 307 Å². The van der Waals surface area contributed by atoms with Gasteiger partial charge in [0.05, 0.1) is 30.1 Å². The van der Waals surface area contributed by atoms with Crippen LogP contribution in [-0.2, 0) is 9.59 Å². The van der Waals surface area contributed by atoms with E-state index in [1.54, 1.807) is 22.7 Å². The molecule has 2 aliphatic rings. The molecule has 0 fully saturated rings. The van der Waals surface area contributed by atoms with Crippen LogP contribution in [-0.4, -0.2) is 24.9 Å². The van der Waals surface area contributed by atoms with Crippen LogP contribution in [0, 0.1) is 11.8 Å². The normalized spacial score (nSPS) is 13.4. The Kier molecular flexibility index (Phi) is 45.9. The maximum atomic E-state index is 15.3. The molecule has 8 heteroatoms. The van der Waals surface area contributed by atoms with Crippen molar-refractivity contribution in [3.05, 3.63) is 64.2 Å². The van der Waals surface area contributed by atoms with Crippen molar-refractivity contribution in [2.75, 3.05) is 22.9 Å². The molecule has 3 aromatic rings. The van der Waals surface area contributed by atoms with E-state index in [0.717, 1.165) is 63.4 Å². The summed E-state index contributed by atoms with van der Waals surface area (Å²) >= 11 is 10.8. The number of anilines is 2. The van der Waals surface area contributed by atoms with Gasteiger partial charge in [-0.05, 0) is 106 Å². The molecule has 0 saturated carbocycles. The van der Waals surface area contributed by atoms with Gasteiger partial charge in [0.2, 0.25) is 0 Å². The maximum Gasteiger partial charge on any atom is 0.260 e. The second-order valence-corrected chi connectivity index (χ2v) is 28.5. The molecule has 0 bridgehead atoms. The van der Waals surface area contributed by atoms with Crippen LogP contribution in [0.25, 0.3) is 11.1 Å². The van der Waals surface area contributed by atoms with Gasteiger partial charge in [0, 0.05) is 33.3 Å². The molecule has 2 aliphatic heterocycles. The molecule has 1 aromatic carbocycles. The largest absolute Gasteiger partial charge is 0.307 e. The lowest BCUT2D eigenvalue weighted by Crippen LogP contribution is -2.35. The summed E-state index contributed by atoms with van der Waals surface area (Å²) in [5.41, 5.74) is 3.62. The smallest absolute Gasteiger partial charge is 0.260 e. The molecule has 0 saturated heterocycles. The van der Waals surface area contributed by atoms with Crippen molar-refractivity contribution >= 4 is 88.9 Å². The van der Waals surface area contributed by atoms with Gasteiger partial charge in [0.25, 0.3) is 11.8 Å². The van der Waals surface area contributed by atoms with Crippen LogP contribution in [0.1, 0.15) is 342 Å². The number of nitrogens with zero attached hydrogens (tertiary/aromatic N) is 2. The number of thiophene rings is 2. The van der Waals surface area contributed by atoms with Gasteiger partial charge in [-0.3, -0.25) is 9.59 Å². The predicted molar refractivity (Wildman–Crippen MR) is 372 cm³/mol. The Morgan fingerprint density at radius 3 is 0.790 bits per heavy atom. The highest BCUT2D eigenvalue weighted by Gasteiger charge is 2.38. The lowest BCUT2D eigenvalue weighted by atomic mass is 9.93. The topological polar surface area (TPSA) is 40.6 Å². The molecule has 81 heavy (non-hydrogen) atoms. The molecule has 0 radical (unpaired) electrons. The first-order valence-corrected chi connectivity index (χ1v) is 38.0. The van der Waals surface area contributed by atoms with E-state index in [1.165, 1.54) is 263 Å². The summed E-state index contributed by atoms with van der Waals surface area (Å²) in [4.78, 5) is 36.9. The molecule has 2 unspecified atom stereocenters. The summed E-state index contributed by atoms with van der Waals surface area (Å²) in [5.74, 6) is 1.16. The number of hydrogen-bond acceptors (Lipinski definition) is 4.